The van der Waals surface area contributed by atoms with Crippen LogP contribution in [0.1, 0.15) is 17.2 Å². The van der Waals surface area contributed by atoms with E-state index < -0.39 is 6.10 Å². The van der Waals surface area contributed by atoms with Gasteiger partial charge in [0.15, 0.2) is 0 Å². The molecule has 0 aliphatic rings. The van der Waals surface area contributed by atoms with Crippen molar-refractivity contribution in [2.24, 2.45) is 0 Å². The van der Waals surface area contributed by atoms with Crippen LogP contribution in [0.3, 0.4) is 0 Å². The van der Waals surface area contributed by atoms with Crippen LogP contribution in [0.2, 0.25) is 0 Å². The molecule has 1 unspecified atom stereocenters. The van der Waals surface area contributed by atoms with Crippen molar-refractivity contribution in [2.75, 3.05) is 5.73 Å². The predicted molar refractivity (Wildman–Crippen MR) is 65.9 cm³/mol. The molecule has 0 saturated heterocycles. The van der Waals surface area contributed by atoms with Crippen LogP contribution in [0.4, 0.5) is 10.1 Å². The summed E-state index contributed by atoms with van der Waals surface area (Å²) in [5.41, 5.74) is 7.75. The van der Waals surface area contributed by atoms with Gasteiger partial charge in [-0.3, -0.25) is 0 Å². The summed E-state index contributed by atoms with van der Waals surface area (Å²) < 4.78 is 13.0. The molecule has 17 heavy (non-hydrogen) atoms. The van der Waals surface area contributed by atoms with Crippen LogP contribution < -0.4 is 5.73 Å². The fraction of sp³-hybridized carbons (Fsp3) is 0.143. The molecule has 0 aliphatic carbocycles. The van der Waals surface area contributed by atoms with Crippen molar-refractivity contribution in [3.8, 4) is 0 Å². The Kier molecular flexibility index (Phi) is 3.40. The van der Waals surface area contributed by atoms with Gasteiger partial charge in [0.1, 0.15) is 5.82 Å². The van der Waals surface area contributed by atoms with Crippen molar-refractivity contribution in [3.63, 3.8) is 0 Å². The SMILES string of the molecule is Nc1ccccc1C(O)Cc1cccc(F)c1. The summed E-state index contributed by atoms with van der Waals surface area (Å²) in [6.07, 6.45) is -0.357. The standard InChI is InChI=1S/C14H14FNO/c15-11-5-3-4-10(8-11)9-14(17)12-6-1-2-7-13(12)16/h1-8,14,17H,9,16H2. The van der Waals surface area contributed by atoms with E-state index in [1.165, 1.54) is 12.1 Å². The third-order valence-corrected chi connectivity index (χ3v) is 2.67. The van der Waals surface area contributed by atoms with Gasteiger partial charge < -0.3 is 10.8 Å². The van der Waals surface area contributed by atoms with Crippen LogP contribution in [-0.2, 0) is 6.42 Å². The Labute approximate surface area is 99.5 Å². The number of rotatable bonds is 3. The van der Waals surface area contributed by atoms with E-state index in [4.69, 9.17) is 5.73 Å². The zero-order chi connectivity index (χ0) is 12.3. The Bertz CT molecular complexity index is 513. The van der Waals surface area contributed by atoms with Gasteiger partial charge in [-0.25, -0.2) is 4.39 Å². The van der Waals surface area contributed by atoms with Crippen molar-refractivity contribution in [2.45, 2.75) is 12.5 Å². The average molecular weight is 231 g/mol. The smallest absolute Gasteiger partial charge is 0.123 e. The molecule has 0 aromatic heterocycles. The highest BCUT2D eigenvalue weighted by molar-refractivity contribution is 5.47. The molecule has 0 fully saturated rings. The number of hydrogen-bond acceptors (Lipinski definition) is 2. The minimum absolute atomic E-state index is 0.296. The second-order valence-corrected chi connectivity index (χ2v) is 3.98. The van der Waals surface area contributed by atoms with Crippen LogP contribution >= 0.6 is 0 Å². The summed E-state index contributed by atoms with van der Waals surface area (Å²) in [6, 6.07) is 13.4. The number of aliphatic hydroxyl groups is 1. The average Bonchev–Trinajstić information content (AvgIpc) is 2.29. The van der Waals surface area contributed by atoms with E-state index in [-0.39, 0.29) is 5.82 Å². The highest BCUT2D eigenvalue weighted by Crippen LogP contribution is 2.23. The Hall–Kier alpha value is -1.87. The Morgan fingerprint density at radius 1 is 1.12 bits per heavy atom. The lowest BCUT2D eigenvalue weighted by Crippen LogP contribution is -2.05. The van der Waals surface area contributed by atoms with Crippen molar-refractivity contribution in [1.29, 1.82) is 0 Å². The lowest BCUT2D eigenvalue weighted by Gasteiger charge is -2.13. The summed E-state index contributed by atoms with van der Waals surface area (Å²) in [7, 11) is 0. The molecule has 0 heterocycles. The monoisotopic (exact) mass is 231 g/mol. The van der Waals surface area contributed by atoms with Gasteiger partial charge in [-0.1, -0.05) is 30.3 Å². The number of para-hydroxylation sites is 1. The zero-order valence-corrected chi connectivity index (χ0v) is 9.31. The molecule has 3 N–H and O–H groups in total. The number of nitrogen functional groups attached to an aromatic ring is 1. The van der Waals surface area contributed by atoms with Crippen LogP contribution in [0.15, 0.2) is 48.5 Å². The molecular weight excluding hydrogens is 217 g/mol. The molecule has 2 aromatic rings. The molecule has 0 aliphatic heterocycles. The number of benzene rings is 2. The lowest BCUT2D eigenvalue weighted by molar-refractivity contribution is 0.179. The Morgan fingerprint density at radius 2 is 1.88 bits per heavy atom. The van der Waals surface area contributed by atoms with Gasteiger partial charge >= 0.3 is 0 Å². The van der Waals surface area contributed by atoms with E-state index in [2.05, 4.69) is 0 Å². The van der Waals surface area contributed by atoms with Crippen molar-refractivity contribution in [3.05, 3.63) is 65.5 Å². The summed E-state index contributed by atoms with van der Waals surface area (Å²) in [5.74, 6) is -0.296. The topological polar surface area (TPSA) is 46.2 Å². The van der Waals surface area contributed by atoms with E-state index in [9.17, 15) is 9.50 Å². The van der Waals surface area contributed by atoms with E-state index in [1.54, 1.807) is 24.3 Å². The second-order valence-electron chi connectivity index (χ2n) is 3.98. The van der Waals surface area contributed by atoms with Gasteiger partial charge in [-0.15, -0.1) is 0 Å². The van der Waals surface area contributed by atoms with Crippen molar-refractivity contribution >= 4 is 5.69 Å². The fourth-order valence-corrected chi connectivity index (χ4v) is 1.81. The number of halogens is 1. The van der Waals surface area contributed by atoms with E-state index in [0.29, 0.717) is 17.7 Å². The summed E-state index contributed by atoms with van der Waals surface area (Å²) in [4.78, 5) is 0. The van der Waals surface area contributed by atoms with Crippen LogP contribution in [0.25, 0.3) is 0 Å². The lowest BCUT2D eigenvalue weighted by atomic mass is 10.00. The molecule has 2 nitrogen and oxygen atoms in total. The third kappa shape index (κ3) is 2.82. The molecule has 1 atom stereocenters. The number of hydrogen-bond donors (Lipinski definition) is 2. The molecule has 0 saturated carbocycles. The van der Waals surface area contributed by atoms with E-state index in [0.717, 1.165) is 5.56 Å². The minimum atomic E-state index is -0.710. The van der Waals surface area contributed by atoms with Gasteiger partial charge in [0.2, 0.25) is 0 Å². The summed E-state index contributed by atoms with van der Waals surface area (Å²) in [5, 5.41) is 10.0. The van der Waals surface area contributed by atoms with Gasteiger partial charge in [-0.2, -0.15) is 0 Å². The van der Waals surface area contributed by atoms with E-state index >= 15 is 0 Å². The molecule has 0 bridgehead atoms. The van der Waals surface area contributed by atoms with Crippen LogP contribution in [0.5, 0.6) is 0 Å². The van der Waals surface area contributed by atoms with Gasteiger partial charge in [0.25, 0.3) is 0 Å². The van der Waals surface area contributed by atoms with Gasteiger partial charge in [0, 0.05) is 17.7 Å². The second kappa shape index (κ2) is 4.97. The zero-order valence-electron chi connectivity index (χ0n) is 9.31. The Morgan fingerprint density at radius 3 is 2.59 bits per heavy atom. The molecule has 2 rings (SSSR count). The normalized spacial score (nSPS) is 12.4. The first-order chi connectivity index (χ1) is 8.16. The molecule has 0 radical (unpaired) electrons. The Balaban J connectivity index is 2.17. The summed E-state index contributed by atoms with van der Waals surface area (Å²) >= 11 is 0. The first-order valence-corrected chi connectivity index (χ1v) is 5.44. The first-order valence-electron chi connectivity index (χ1n) is 5.44. The molecule has 3 heteroatoms. The molecule has 0 amide bonds. The maximum Gasteiger partial charge on any atom is 0.123 e. The highest BCUT2D eigenvalue weighted by atomic mass is 19.1. The highest BCUT2D eigenvalue weighted by Gasteiger charge is 2.11. The van der Waals surface area contributed by atoms with Gasteiger partial charge in [0.05, 0.1) is 6.10 Å². The predicted octanol–water partition coefficient (Wildman–Crippen LogP) is 2.68. The van der Waals surface area contributed by atoms with Gasteiger partial charge in [-0.05, 0) is 23.8 Å². The minimum Gasteiger partial charge on any atom is -0.398 e. The molecular formula is C14H14FNO. The quantitative estimate of drug-likeness (QED) is 0.798. The van der Waals surface area contributed by atoms with E-state index in [1.807, 2.05) is 12.1 Å². The summed E-state index contributed by atoms with van der Waals surface area (Å²) in [6.45, 7) is 0. The third-order valence-electron chi connectivity index (χ3n) is 2.67. The molecule has 88 valence electrons. The molecule has 2 aromatic carbocycles. The van der Waals surface area contributed by atoms with Crippen LogP contribution in [0, 0.1) is 5.82 Å². The van der Waals surface area contributed by atoms with Crippen LogP contribution in [-0.4, -0.2) is 5.11 Å². The van der Waals surface area contributed by atoms with Crippen molar-refractivity contribution < 1.29 is 9.50 Å². The maximum absolute atomic E-state index is 13.0. The largest absolute Gasteiger partial charge is 0.398 e. The maximum atomic E-state index is 13.0. The number of aliphatic hydroxyl groups excluding tert-OH is 1. The number of nitrogens with two attached hydrogens (primary N) is 1. The number of anilines is 1. The first kappa shape index (κ1) is 11.6. The molecule has 0 spiro atoms. The van der Waals surface area contributed by atoms with Crippen molar-refractivity contribution in [1.82, 2.24) is 0 Å². The fourth-order valence-electron chi connectivity index (χ4n) is 1.81.